The van der Waals surface area contributed by atoms with Crippen LogP contribution in [0.1, 0.15) is 5.56 Å². The molecule has 0 amide bonds. The van der Waals surface area contributed by atoms with E-state index in [0.29, 0.717) is 5.69 Å². The molecule has 5 heteroatoms. The molecule has 0 aliphatic carbocycles. The van der Waals surface area contributed by atoms with E-state index in [1.165, 1.54) is 0 Å². The maximum absolute atomic E-state index is 5.86. The van der Waals surface area contributed by atoms with Crippen molar-refractivity contribution in [3.05, 3.63) is 42.2 Å². The zero-order chi connectivity index (χ0) is 13.7. The zero-order valence-electron chi connectivity index (χ0n) is 10.9. The van der Waals surface area contributed by atoms with Crippen molar-refractivity contribution >= 4 is 17.4 Å². The smallest absolute Gasteiger partial charge is 0.161 e. The number of anilines is 1. The van der Waals surface area contributed by atoms with Gasteiger partial charge < -0.3 is 15.2 Å². The second-order valence-electron chi connectivity index (χ2n) is 3.89. The highest BCUT2D eigenvalue weighted by Crippen LogP contribution is 2.32. The molecule has 1 aromatic heterocycles. The number of hydrogen-bond acceptors (Lipinski definition) is 5. The first-order chi connectivity index (χ1) is 9.24. The highest BCUT2D eigenvalue weighted by Gasteiger charge is 2.06. The van der Waals surface area contributed by atoms with Crippen LogP contribution < -0.4 is 15.2 Å². The van der Waals surface area contributed by atoms with Crippen molar-refractivity contribution in [1.82, 2.24) is 4.98 Å². The third-order valence-corrected chi connectivity index (χ3v) is 3.81. The molecular formula is C14H16N2O2S. The van der Waals surface area contributed by atoms with E-state index in [4.69, 9.17) is 15.2 Å². The van der Waals surface area contributed by atoms with Crippen LogP contribution in [0.15, 0.2) is 41.6 Å². The first-order valence-electron chi connectivity index (χ1n) is 5.77. The fourth-order valence-electron chi connectivity index (χ4n) is 1.66. The number of pyridine rings is 1. The minimum Gasteiger partial charge on any atom is -0.493 e. The molecule has 1 aromatic carbocycles. The molecule has 19 heavy (non-hydrogen) atoms. The van der Waals surface area contributed by atoms with Crippen LogP contribution in [-0.2, 0) is 5.75 Å². The molecule has 0 bridgehead atoms. The van der Waals surface area contributed by atoms with E-state index in [2.05, 4.69) is 4.98 Å². The zero-order valence-corrected chi connectivity index (χ0v) is 11.7. The molecule has 0 spiro atoms. The van der Waals surface area contributed by atoms with Crippen molar-refractivity contribution in [2.24, 2.45) is 0 Å². The van der Waals surface area contributed by atoms with Crippen molar-refractivity contribution in [2.75, 3.05) is 20.0 Å². The first kappa shape index (κ1) is 13.5. The summed E-state index contributed by atoms with van der Waals surface area (Å²) in [6.45, 7) is 0. The molecule has 100 valence electrons. The molecule has 2 aromatic rings. The molecule has 0 radical (unpaired) electrons. The van der Waals surface area contributed by atoms with Gasteiger partial charge >= 0.3 is 0 Å². The van der Waals surface area contributed by atoms with Crippen LogP contribution >= 0.6 is 11.8 Å². The molecule has 4 nitrogen and oxygen atoms in total. The maximum Gasteiger partial charge on any atom is 0.161 e. The summed E-state index contributed by atoms with van der Waals surface area (Å²) in [4.78, 5) is 5.01. The first-order valence-corrected chi connectivity index (χ1v) is 6.76. The summed E-state index contributed by atoms with van der Waals surface area (Å²) < 4.78 is 10.5. The summed E-state index contributed by atoms with van der Waals surface area (Å²) in [5, 5.41) is 0. The summed E-state index contributed by atoms with van der Waals surface area (Å²) in [5.41, 5.74) is 7.71. The normalized spacial score (nSPS) is 10.2. The lowest BCUT2D eigenvalue weighted by Gasteiger charge is -2.10. The molecule has 0 unspecified atom stereocenters. The minimum absolute atomic E-state index is 0.702. The Morgan fingerprint density at radius 2 is 1.95 bits per heavy atom. The molecule has 0 atom stereocenters. The number of rotatable bonds is 5. The number of methoxy groups -OCH3 is 2. The summed E-state index contributed by atoms with van der Waals surface area (Å²) in [6, 6.07) is 7.82. The Labute approximate surface area is 116 Å². The predicted octanol–water partition coefficient (Wildman–Crippen LogP) is 2.97. The Morgan fingerprint density at radius 3 is 2.63 bits per heavy atom. The molecule has 0 fully saturated rings. The Bertz CT molecular complexity index is 561. The highest BCUT2D eigenvalue weighted by molar-refractivity contribution is 7.98. The average molecular weight is 276 g/mol. The van der Waals surface area contributed by atoms with Gasteiger partial charge in [-0.2, -0.15) is 0 Å². The van der Waals surface area contributed by atoms with Crippen LogP contribution in [0, 0.1) is 0 Å². The van der Waals surface area contributed by atoms with E-state index in [0.717, 1.165) is 27.7 Å². The fourth-order valence-corrected chi connectivity index (χ4v) is 2.54. The number of ether oxygens (including phenoxy) is 2. The van der Waals surface area contributed by atoms with Gasteiger partial charge in [-0.1, -0.05) is 6.07 Å². The quantitative estimate of drug-likeness (QED) is 0.851. The van der Waals surface area contributed by atoms with Gasteiger partial charge in [0.25, 0.3) is 0 Å². The van der Waals surface area contributed by atoms with Crippen LogP contribution in [0.25, 0.3) is 0 Å². The monoisotopic (exact) mass is 276 g/mol. The van der Waals surface area contributed by atoms with Crippen LogP contribution in [-0.4, -0.2) is 19.2 Å². The van der Waals surface area contributed by atoms with Gasteiger partial charge in [-0.3, -0.25) is 4.98 Å². The van der Waals surface area contributed by atoms with Gasteiger partial charge in [-0.05, 0) is 23.8 Å². The maximum atomic E-state index is 5.86. The van der Waals surface area contributed by atoms with Crippen molar-refractivity contribution in [1.29, 1.82) is 0 Å². The molecule has 1 heterocycles. The van der Waals surface area contributed by atoms with Gasteiger partial charge in [0.1, 0.15) is 0 Å². The second kappa shape index (κ2) is 6.33. The van der Waals surface area contributed by atoms with Crippen molar-refractivity contribution in [3.8, 4) is 11.5 Å². The minimum atomic E-state index is 0.702. The summed E-state index contributed by atoms with van der Waals surface area (Å²) in [6.07, 6.45) is 3.41. The fraction of sp³-hybridized carbons (Fsp3) is 0.214. The average Bonchev–Trinajstić information content (AvgIpc) is 2.46. The van der Waals surface area contributed by atoms with E-state index in [1.54, 1.807) is 38.4 Å². The molecule has 2 N–H and O–H groups in total. The van der Waals surface area contributed by atoms with Crippen molar-refractivity contribution in [3.63, 3.8) is 0 Å². The number of nitrogens with two attached hydrogens (primary N) is 1. The Kier molecular flexibility index (Phi) is 4.52. The lowest BCUT2D eigenvalue weighted by molar-refractivity contribution is 0.354. The second-order valence-corrected chi connectivity index (χ2v) is 4.91. The van der Waals surface area contributed by atoms with Crippen LogP contribution in [0.3, 0.4) is 0 Å². The lowest BCUT2D eigenvalue weighted by atomic mass is 10.2. The highest BCUT2D eigenvalue weighted by atomic mass is 32.2. The van der Waals surface area contributed by atoms with E-state index in [-0.39, 0.29) is 0 Å². The van der Waals surface area contributed by atoms with Crippen molar-refractivity contribution < 1.29 is 9.47 Å². The van der Waals surface area contributed by atoms with E-state index in [1.807, 2.05) is 24.3 Å². The van der Waals surface area contributed by atoms with Crippen LogP contribution in [0.5, 0.6) is 11.5 Å². The van der Waals surface area contributed by atoms with Gasteiger partial charge in [-0.15, -0.1) is 11.8 Å². The summed E-state index contributed by atoms with van der Waals surface area (Å²) in [7, 11) is 3.26. The molecule has 0 aliphatic heterocycles. The van der Waals surface area contributed by atoms with E-state index >= 15 is 0 Å². The van der Waals surface area contributed by atoms with Crippen LogP contribution in [0.4, 0.5) is 5.69 Å². The molecule has 0 saturated carbocycles. The standard InChI is InChI=1S/C14H16N2O2S/c1-17-12-4-3-10(7-13(12)18-2)9-19-14-5-6-16-8-11(14)15/h3-8H,9,15H2,1-2H3. The van der Waals surface area contributed by atoms with Gasteiger partial charge in [-0.25, -0.2) is 0 Å². The van der Waals surface area contributed by atoms with Crippen LogP contribution in [0.2, 0.25) is 0 Å². The van der Waals surface area contributed by atoms with Gasteiger partial charge in [0.2, 0.25) is 0 Å². The Morgan fingerprint density at radius 1 is 1.16 bits per heavy atom. The summed E-state index contributed by atoms with van der Waals surface area (Å²) >= 11 is 1.67. The van der Waals surface area contributed by atoms with Gasteiger partial charge in [0.05, 0.1) is 26.1 Å². The number of aromatic nitrogens is 1. The van der Waals surface area contributed by atoms with Gasteiger partial charge in [0.15, 0.2) is 11.5 Å². The molecule has 0 saturated heterocycles. The molecule has 2 rings (SSSR count). The predicted molar refractivity (Wildman–Crippen MR) is 77.8 cm³/mol. The number of nitrogens with zero attached hydrogens (tertiary/aromatic N) is 1. The van der Waals surface area contributed by atoms with E-state index < -0.39 is 0 Å². The Hall–Kier alpha value is -1.88. The third-order valence-electron chi connectivity index (χ3n) is 2.65. The number of nitrogen functional groups attached to an aromatic ring is 1. The third kappa shape index (κ3) is 3.32. The SMILES string of the molecule is COc1ccc(CSc2ccncc2N)cc1OC. The van der Waals surface area contributed by atoms with Crippen molar-refractivity contribution in [2.45, 2.75) is 10.6 Å². The lowest BCUT2D eigenvalue weighted by Crippen LogP contribution is -1.93. The number of thioether (sulfide) groups is 1. The molecule has 0 aliphatic rings. The largest absolute Gasteiger partial charge is 0.493 e. The van der Waals surface area contributed by atoms with Gasteiger partial charge in [0, 0.05) is 16.8 Å². The van der Waals surface area contributed by atoms with E-state index in [9.17, 15) is 0 Å². The number of benzene rings is 1. The Balaban J connectivity index is 2.10. The molecular weight excluding hydrogens is 260 g/mol. The number of hydrogen-bond donors (Lipinski definition) is 1. The topological polar surface area (TPSA) is 57.4 Å². The summed E-state index contributed by atoms with van der Waals surface area (Å²) in [5.74, 6) is 2.29.